The fraction of sp³-hybridized carbons (Fsp3) is 0.462. The van der Waals surface area contributed by atoms with E-state index in [4.69, 9.17) is 0 Å². The van der Waals surface area contributed by atoms with E-state index in [0.29, 0.717) is 0 Å². The number of carbonyl (C=O) groups is 1. The quantitative estimate of drug-likeness (QED) is 0.897. The van der Waals surface area contributed by atoms with E-state index in [1.165, 1.54) is 0 Å². The van der Waals surface area contributed by atoms with E-state index in [-0.39, 0.29) is 11.3 Å². The first-order chi connectivity index (χ1) is 8.07. The van der Waals surface area contributed by atoms with Gasteiger partial charge in [0.2, 0.25) is 5.91 Å². The Kier molecular flexibility index (Phi) is 3.54. The van der Waals surface area contributed by atoms with Gasteiger partial charge in [-0.1, -0.05) is 22.0 Å². The largest absolute Gasteiger partial charge is 0.325 e. The molecule has 1 saturated carbocycles. The summed E-state index contributed by atoms with van der Waals surface area (Å²) in [5, 5.41) is 6.12. The monoisotopic (exact) mass is 296 g/mol. The number of carbonyl (C=O) groups excluding carboxylic acids is 1. The van der Waals surface area contributed by atoms with Gasteiger partial charge in [0.1, 0.15) is 0 Å². The lowest BCUT2D eigenvalue weighted by atomic mass is 10.1. The highest BCUT2D eigenvalue weighted by atomic mass is 79.9. The molecule has 1 aromatic carbocycles. The maximum atomic E-state index is 12.2. The van der Waals surface area contributed by atoms with Crippen molar-refractivity contribution in [1.29, 1.82) is 0 Å². The second kappa shape index (κ2) is 4.78. The van der Waals surface area contributed by atoms with Crippen LogP contribution >= 0.6 is 15.9 Å². The summed E-state index contributed by atoms with van der Waals surface area (Å²) in [7, 11) is 1.89. The average Bonchev–Trinajstić information content (AvgIpc) is 3.05. The van der Waals surface area contributed by atoms with Gasteiger partial charge in [-0.2, -0.15) is 0 Å². The molecule has 1 aliphatic rings. The average molecular weight is 297 g/mol. The summed E-state index contributed by atoms with van der Waals surface area (Å²) < 4.78 is 0.983. The van der Waals surface area contributed by atoms with Crippen molar-refractivity contribution >= 4 is 27.5 Å². The number of anilines is 1. The zero-order chi connectivity index (χ0) is 12.5. The molecule has 2 rings (SSSR count). The van der Waals surface area contributed by atoms with Crippen molar-refractivity contribution < 1.29 is 4.79 Å². The number of amides is 1. The zero-order valence-electron chi connectivity index (χ0n) is 10.1. The highest BCUT2D eigenvalue weighted by Gasteiger charge is 2.49. The fourth-order valence-electron chi connectivity index (χ4n) is 1.96. The number of aryl methyl sites for hydroxylation is 1. The molecule has 92 valence electrons. The molecule has 0 heterocycles. The first-order valence-corrected chi connectivity index (χ1v) is 6.59. The van der Waals surface area contributed by atoms with Crippen LogP contribution in [0.25, 0.3) is 0 Å². The number of nitrogens with one attached hydrogen (secondary N) is 2. The smallest absolute Gasteiger partial charge is 0.231 e. The molecule has 17 heavy (non-hydrogen) atoms. The molecular formula is C13H17BrN2O. The Morgan fingerprint density at radius 2 is 2.18 bits per heavy atom. The molecule has 4 heteroatoms. The molecule has 0 atom stereocenters. The minimum atomic E-state index is -0.177. The summed E-state index contributed by atoms with van der Waals surface area (Å²) in [4.78, 5) is 12.2. The van der Waals surface area contributed by atoms with E-state index < -0.39 is 0 Å². The Labute approximate surface area is 110 Å². The first-order valence-electron chi connectivity index (χ1n) is 5.80. The molecule has 0 aromatic heterocycles. The third-order valence-corrected chi connectivity index (χ3v) is 3.79. The summed E-state index contributed by atoms with van der Waals surface area (Å²) in [6.07, 6.45) is 1.96. The number of halogens is 1. The molecule has 1 fully saturated rings. The molecule has 3 nitrogen and oxygen atoms in total. The van der Waals surface area contributed by atoms with Gasteiger partial charge in [0.25, 0.3) is 0 Å². The van der Waals surface area contributed by atoms with E-state index in [2.05, 4.69) is 26.6 Å². The van der Waals surface area contributed by atoms with Gasteiger partial charge < -0.3 is 10.6 Å². The van der Waals surface area contributed by atoms with Crippen LogP contribution in [0.5, 0.6) is 0 Å². The zero-order valence-corrected chi connectivity index (χ0v) is 11.7. The number of hydrogen-bond acceptors (Lipinski definition) is 2. The molecule has 0 spiro atoms. The molecule has 0 aliphatic heterocycles. The molecular weight excluding hydrogens is 280 g/mol. The Morgan fingerprint density at radius 3 is 2.76 bits per heavy atom. The topological polar surface area (TPSA) is 41.1 Å². The second-order valence-corrected chi connectivity index (χ2v) is 5.64. The van der Waals surface area contributed by atoms with E-state index in [0.717, 1.165) is 35.1 Å². The van der Waals surface area contributed by atoms with Gasteiger partial charge >= 0.3 is 0 Å². The van der Waals surface area contributed by atoms with Crippen LogP contribution < -0.4 is 10.6 Å². The summed E-state index contributed by atoms with van der Waals surface area (Å²) in [6, 6.07) is 5.92. The van der Waals surface area contributed by atoms with Crippen molar-refractivity contribution in [3.63, 3.8) is 0 Å². The molecule has 1 aromatic rings. The van der Waals surface area contributed by atoms with Crippen LogP contribution in [0.3, 0.4) is 0 Å². The standard InChI is InChI=1S/C13H17BrN2O/c1-9-3-4-10(14)7-11(9)16-12(17)13(5-6-13)8-15-2/h3-4,7,15H,5-6,8H2,1-2H3,(H,16,17). The predicted octanol–water partition coefficient (Wildman–Crippen LogP) is 2.70. The van der Waals surface area contributed by atoms with Crippen LogP contribution in [0.2, 0.25) is 0 Å². The molecule has 1 amide bonds. The van der Waals surface area contributed by atoms with E-state index in [1.807, 2.05) is 32.2 Å². The number of rotatable bonds is 4. The lowest BCUT2D eigenvalue weighted by molar-refractivity contribution is -0.120. The normalized spacial score (nSPS) is 16.6. The van der Waals surface area contributed by atoms with Gasteiger partial charge in [0.05, 0.1) is 5.41 Å². The summed E-state index contributed by atoms with van der Waals surface area (Å²) in [5.41, 5.74) is 1.80. The maximum absolute atomic E-state index is 12.2. The maximum Gasteiger partial charge on any atom is 0.231 e. The summed E-state index contributed by atoms with van der Waals surface area (Å²) >= 11 is 3.42. The molecule has 0 radical (unpaired) electrons. The lowest BCUT2D eigenvalue weighted by Gasteiger charge is -2.16. The van der Waals surface area contributed by atoms with Crippen molar-refractivity contribution in [2.45, 2.75) is 19.8 Å². The van der Waals surface area contributed by atoms with Crippen molar-refractivity contribution in [2.24, 2.45) is 5.41 Å². The van der Waals surface area contributed by atoms with Gasteiger partial charge in [-0.3, -0.25) is 4.79 Å². The van der Waals surface area contributed by atoms with Crippen LogP contribution in [0.15, 0.2) is 22.7 Å². The number of benzene rings is 1. The Balaban J connectivity index is 2.11. The predicted molar refractivity (Wildman–Crippen MR) is 73.1 cm³/mol. The third-order valence-electron chi connectivity index (χ3n) is 3.30. The summed E-state index contributed by atoms with van der Waals surface area (Å²) in [6.45, 7) is 2.76. The van der Waals surface area contributed by atoms with Crippen LogP contribution in [-0.2, 0) is 4.79 Å². The van der Waals surface area contributed by atoms with Crippen LogP contribution in [-0.4, -0.2) is 19.5 Å². The lowest BCUT2D eigenvalue weighted by Crippen LogP contribution is -2.32. The van der Waals surface area contributed by atoms with Gasteiger partial charge in [-0.15, -0.1) is 0 Å². The van der Waals surface area contributed by atoms with Crippen LogP contribution in [0, 0.1) is 12.3 Å². The summed E-state index contributed by atoms with van der Waals surface area (Å²) in [5.74, 6) is 0.132. The molecule has 0 bridgehead atoms. The van der Waals surface area contributed by atoms with Crippen molar-refractivity contribution in [3.05, 3.63) is 28.2 Å². The van der Waals surface area contributed by atoms with Crippen molar-refractivity contribution in [1.82, 2.24) is 5.32 Å². The van der Waals surface area contributed by atoms with Gasteiger partial charge in [0.15, 0.2) is 0 Å². The van der Waals surface area contributed by atoms with Crippen LogP contribution in [0.1, 0.15) is 18.4 Å². The fourth-order valence-corrected chi connectivity index (χ4v) is 2.32. The Hall–Kier alpha value is -0.870. The molecule has 0 unspecified atom stereocenters. The Morgan fingerprint density at radius 1 is 1.47 bits per heavy atom. The van der Waals surface area contributed by atoms with Gasteiger partial charge in [-0.05, 0) is 44.5 Å². The molecule has 2 N–H and O–H groups in total. The van der Waals surface area contributed by atoms with Crippen LogP contribution in [0.4, 0.5) is 5.69 Å². The highest BCUT2D eigenvalue weighted by molar-refractivity contribution is 9.10. The van der Waals surface area contributed by atoms with Gasteiger partial charge in [-0.25, -0.2) is 0 Å². The third kappa shape index (κ3) is 2.69. The van der Waals surface area contributed by atoms with E-state index in [1.54, 1.807) is 0 Å². The minimum absolute atomic E-state index is 0.132. The number of hydrogen-bond donors (Lipinski definition) is 2. The first kappa shape index (κ1) is 12.6. The van der Waals surface area contributed by atoms with Gasteiger partial charge in [0, 0.05) is 16.7 Å². The molecule has 1 aliphatic carbocycles. The van der Waals surface area contributed by atoms with Crippen molar-refractivity contribution in [3.8, 4) is 0 Å². The van der Waals surface area contributed by atoms with E-state index in [9.17, 15) is 4.79 Å². The second-order valence-electron chi connectivity index (χ2n) is 4.72. The highest BCUT2D eigenvalue weighted by Crippen LogP contribution is 2.46. The minimum Gasteiger partial charge on any atom is -0.325 e. The van der Waals surface area contributed by atoms with E-state index >= 15 is 0 Å². The SMILES string of the molecule is CNCC1(C(=O)Nc2cc(Br)ccc2C)CC1. The van der Waals surface area contributed by atoms with Crippen molar-refractivity contribution in [2.75, 3.05) is 18.9 Å². The molecule has 0 saturated heterocycles. The Bertz CT molecular complexity index is 441.